The lowest BCUT2D eigenvalue weighted by Gasteiger charge is -2.05. The van der Waals surface area contributed by atoms with Gasteiger partial charge in [0.15, 0.2) is 0 Å². The molecule has 0 spiro atoms. The highest BCUT2D eigenvalue weighted by Crippen LogP contribution is 2.22. The van der Waals surface area contributed by atoms with Crippen LogP contribution in [-0.2, 0) is 0 Å². The standard InChI is InChI=1S/C9H11ClN2O2S/c1-7(5-10)6-15-9-4-8(12(13)14)2-3-11-9/h2-4,7H,5-6H2,1H3. The van der Waals surface area contributed by atoms with Gasteiger partial charge in [-0.05, 0) is 5.92 Å². The van der Waals surface area contributed by atoms with Crippen LogP contribution in [0.1, 0.15) is 6.92 Å². The molecule has 0 aromatic carbocycles. The topological polar surface area (TPSA) is 56.0 Å². The lowest BCUT2D eigenvalue weighted by atomic mass is 10.3. The Kier molecular flexibility index (Phi) is 4.84. The van der Waals surface area contributed by atoms with E-state index in [9.17, 15) is 10.1 Å². The summed E-state index contributed by atoms with van der Waals surface area (Å²) < 4.78 is 0. The first-order chi connectivity index (χ1) is 7.13. The molecule has 6 heteroatoms. The maximum atomic E-state index is 10.5. The first kappa shape index (κ1) is 12.3. The van der Waals surface area contributed by atoms with Gasteiger partial charge in [0.1, 0.15) is 5.03 Å². The Labute approximate surface area is 97.2 Å². The summed E-state index contributed by atoms with van der Waals surface area (Å²) in [7, 11) is 0. The zero-order valence-corrected chi connectivity index (χ0v) is 9.79. The third-order valence-electron chi connectivity index (χ3n) is 1.71. The Morgan fingerprint density at radius 3 is 3.07 bits per heavy atom. The molecule has 0 saturated heterocycles. The van der Waals surface area contributed by atoms with Crippen LogP contribution in [0.5, 0.6) is 0 Å². The lowest BCUT2D eigenvalue weighted by molar-refractivity contribution is -0.385. The van der Waals surface area contributed by atoms with E-state index in [1.54, 1.807) is 0 Å². The molecular formula is C9H11ClN2O2S. The van der Waals surface area contributed by atoms with Gasteiger partial charge in [-0.3, -0.25) is 10.1 Å². The van der Waals surface area contributed by atoms with Gasteiger partial charge < -0.3 is 0 Å². The Hall–Kier alpha value is -0.810. The molecule has 0 N–H and O–H groups in total. The third kappa shape index (κ3) is 4.05. The lowest BCUT2D eigenvalue weighted by Crippen LogP contribution is -1.99. The summed E-state index contributed by atoms with van der Waals surface area (Å²) in [6.45, 7) is 2.03. The van der Waals surface area contributed by atoms with E-state index < -0.39 is 4.92 Å². The van der Waals surface area contributed by atoms with Crippen molar-refractivity contribution in [3.8, 4) is 0 Å². The van der Waals surface area contributed by atoms with Crippen LogP contribution in [0.3, 0.4) is 0 Å². The van der Waals surface area contributed by atoms with Gasteiger partial charge in [-0.2, -0.15) is 0 Å². The number of nitrogens with zero attached hydrogens (tertiary/aromatic N) is 2. The van der Waals surface area contributed by atoms with Crippen LogP contribution in [0.2, 0.25) is 0 Å². The smallest absolute Gasteiger partial charge is 0.258 e. The monoisotopic (exact) mass is 246 g/mol. The van der Waals surface area contributed by atoms with Crippen molar-refractivity contribution >= 4 is 29.1 Å². The summed E-state index contributed by atoms with van der Waals surface area (Å²) in [5.41, 5.74) is 0.0750. The molecule has 0 aliphatic rings. The minimum atomic E-state index is -0.420. The number of hydrogen-bond acceptors (Lipinski definition) is 4. The SMILES string of the molecule is CC(CCl)CSc1cc([N+](=O)[O-])ccn1. The summed E-state index contributed by atoms with van der Waals surface area (Å²) in [5.74, 6) is 1.78. The molecule has 0 radical (unpaired) electrons. The summed E-state index contributed by atoms with van der Waals surface area (Å²) in [6.07, 6.45) is 1.45. The molecule has 0 bridgehead atoms. The van der Waals surface area contributed by atoms with Crippen molar-refractivity contribution in [1.82, 2.24) is 4.98 Å². The van der Waals surface area contributed by atoms with Crippen molar-refractivity contribution in [3.63, 3.8) is 0 Å². The van der Waals surface area contributed by atoms with Crippen molar-refractivity contribution in [3.05, 3.63) is 28.4 Å². The van der Waals surface area contributed by atoms with Crippen molar-refractivity contribution < 1.29 is 4.92 Å². The number of nitro groups is 1. The number of rotatable bonds is 5. The molecule has 0 amide bonds. The van der Waals surface area contributed by atoms with Crippen LogP contribution in [0.25, 0.3) is 0 Å². The number of thioether (sulfide) groups is 1. The van der Waals surface area contributed by atoms with Gasteiger partial charge in [0.2, 0.25) is 0 Å². The maximum absolute atomic E-state index is 10.5. The number of pyridine rings is 1. The molecule has 15 heavy (non-hydrogen) atoms. The quantitative estimate of drug-likeness (QED) is 0.347. The van der Waals surface area contributed by atoms with E-state index in [-0.39, 0.29) is 5.69 Å². The van der Waals surface area contributed by atoms with E-state index >= 15 is 0 Å². The summed E-state index contributed by atoms with van der Waals surface area (Å²) in [5, 5.41) is 11.2. The van der Waals surface area contributed by atoms with E-state index in [1.165, 1.54) is 30.1 Å². The van der Waals surface area contributed by atoms with Crippen molar-refractivity contribution in [2.75, 3.05) is 11.6 Å². The molecule has 1 aromatic heterocycles. The molecule has 1 aromatic rings. The average molecular weight is 247 g/mol. The maximum Gasteiger partial charge on any atom is 0.273 e. The predicted octanol–water partition coefficient (Wildman–Crippen LogP) is 2.96. The highest BCUT2D eigenvalue weighted by atomic mass is 35.5. The Morgan fingerprint density at radius 1 is 1.73 bits per heavy atom. The van der Waals surface area contributed by atoms with Gasteiger partial charge in [0.25, 0.3) is 5.69 Å². The molecule has 1 unspecified atom stereocenters. The number of alkyl halides is 1. The van der Waals surface area contributed by atoms with Crippen molar-refractivity contribution in [2.45, 2.75) is 11.9 Å². The van der Waals surface area contributed by atoms with Crippen LogP contribution in [-0.4, -0.2) is 21.5 Å². The van der Waals surface area contributed by atoms with Gasteiger partial charge in [0.05, 0.1) is 4.92 Å². The first-order valence-electron chi connectivity index (χ1n) is 4.42. The molecule has 1 rings (SSSR count). The fourth-order valence-corrected chi connectivity index (χ4v) is 2.01. The first-order valence-corrected chi connectivity index (χ1v) is 5.94. The van der Waals surface area contributed by atoms with E-state index in [1.807, 2.05) is 6.92 Å². The molecule has 0 aliphatic heterocycles. The Morgan fingerprint density at radius 2 is 2.47 bits per heavy atom. The molecule has 4 nitrogen and oxygen atoms in total. The Bertz CT molecular complexity index is 349. The normalized spacial score (nSPS) is 12.4. The van der Waals surface area contributed by atoms with E-state index in [2.05, 4.69) is 4.98 Å². The van der Waals surface area contributed by atoms with Crippen LogP contribution >= 0.6 is 23.4 Å². The second-order valence-electron chi connectivity index (χ2n) is 3.18. The number of halogens is 1. The van der Waals surface area contributed by atoms with Gasteiger partial charge in [-0.25, -0.2) is 4.98 Å². The van der Waals surface area contributed by atoms with Crippen LogP contribution in [0.4, 0.5) is 5.69 Å². The van der Waals surface area contributed by atoms with Crippen molar-refractivity contribution in [1.29, 1.82) is 0 Å². The second kappa shape index (κ2) is 5.92. The van der Waals surface area contributed by atoms with Gasteiger partial charge in [0, 0.05) is 30.0 Å². The van der Waals surface area contributed by atoms with Crippen LogP contribution in [0.15, 0.2) is 23.4 Å². The van der Waals surface area contributed by atoms with Gasteiger partial charge >= 0.3 is 0 Å². The zero-order chi connectivity index (χ0) is 11.3. The molecular weight excluding hydrogens is 236 g/mol. The molecule has 82 valence electrons. The van der Waals surface area contributed by atoms with E-state index in [0.717, 1.165) is 5.75 Å². The third-order valence-corrected chi connectivity index (χ3v) is 3.49. The van der Waals surface area contributed by atoms with Crippen LogP contribution < -0.4 is 0 Å². The summed E-state index contributed by atoms with van der Waals surface area (Å²) >= 11 is 7.14. The number of aromatic nitrogens is 1. The minimum Gasteiger partial charge on any atom is -0.258 e. The predicted molar refractivity (Wildman–Crippen MR) is 61.5 cm³/mol. The molecule has 1 atom stereocenters. The summed E-state index contributed by atoms with van der Waals surface area (Å²) in [4.78, 5) is 14.1. The Balaban J connectivity index is 2.62. The zero-order valence-electron chi connectivity index (χ0n) is 8.22. The van der Waals surface area contributed by atoms with Crippen molar-refractivity contribution in [2.24, 2.45) is 5.92 Å². The fourth-order valence-electron chi connectivity index (χ4n) is 0.864. The van der Waals surface area contributed by atoms with Gasteiger partial charge in [-0.15, -0.1) is 23.4 Å². The van der Waals surface area contributed by atoms with E-state index in [4.69, 9.17) is 11.6 Å². The second-order valence-corrected chi connectivity index (χ2v) is 4.53. The highest BCUT2D eigenvalue weighted by Gasteiger charge is 2.08. The highest BCUT2D eigenvalue weighted by molar-refractivity contribution is 7.99. The van der Waals surface area contributed by atoms with Gasteiger partial charge in [-0.1, -0.05) is 6.92 Å². The number of hydrogen-bond donors (Lipinski definition) is 0. The largest absolute Gasteiger partial charge is 0.273 e. The van der Waals surface area contributed by atoms with Crippen LogP contribution in [0, 0.1) is 16.0 Å². The average Bonchev–Trinajstić information content (AvgIpc) is 2.26. The summed E-state index contributed by atoms with van der Waals surface area (Å²) in [6, 6.07) is 2.86. The minimum absolute atomic E-state index is 0.0750. The fraction of sp³-hybridized carbons (Fsp3) is 0.444. The molecule has 0 fully saturated rings. The molecule has 1 heterocycles. The van der Waals surface area contributed by atoms with E-state index in [0.29, 0.717) is 16.8 Å². The molecule has 0 saturated carbocycles. The molecule has 0 aliphatic carbocycles.